The Labute approximate surface area is 66.0 Å². The van der Waals surface area contributed by atoms with E-state index >= 15 is 0 Å². The number of hydrogen-bond donors (Lipinski definition) is 0. The maximum Gasteiger partial charge on any atom is 0.0856 e. The first-order valence-electron chi connectivity index (χ1n) is 4.17. The van der Waals surface area contributed by atoms with Crippen molar-refractivity contribution in [1.82, 2.24) is 0 Å². The van der Waals surface area contributed by atoms with Gasteiger partial charge in [-0.05, 0) is 17.5 Å². The van der Waals surface area contributed by atoms with Crippen LogP contribution in [0.3, 0.4) is 0 Å². The summed E-state index contributed by atoms with van der Waals surface area (Å²) in [6, 6.07) is 8.62. The summed E-state index contributed by atoms with van der Waals surface area (Å²) in [6.07, 6.45) is 3.35. The van der Waals surface area contributed by atoms with Gasteiger partial charge in [-0.1, -0.05) is 24.3 Å². The molecule has 0 saturated carbocycles. The molecular weight excluding hydrogens is 136 g/mol. The monoisotopic (exact) mass is 146 g/mol. The summed E-state index contributed by atoms with van der Waals surface area (Å²) < 4.78 is 5.60. The standard InChI is InChI=1S/C10H10O/c1-2-4-9-7(3-1)5-8-6-10(9)11-8/h1-4,8,10H,5-6H2. The van der Waals surface area contributed by atoms with E-state index in [0.29, 0.717) is 12.2 Å². The van der Waals surface area contributed by atoms with Crippen molar-refractivity contribution in [1.29, 1.82) is 0 Å². The van der Waals surface area contributed by atoms with E-state index in [0.717, 1.165) is 6.42 Å². The number of ether oxygens (including phenoxy) is 1. The van der Waals surface area contributed by atoms with E-state index in [1.807, 2.05) is 0 Å². The average Bonchev–Trinajstić information content (AvgIpc) is 2.02. The van der Waals surface area contributed by atoms with Gasteiger partial charge in [-0.25, -0.2) is 0 Å². The molecule has 0 aromatic heterocycles. The van der Waals surface area contributed by atoms with Crippen LogP contribution in [0.15, 0.2) is 24.3 Å². The first-order valence-corrected chi connectivity index (χ1v) is 4.17. The van der Waals surface area contributed by atoms with Crippen LogP contribution in [0.5, 0.6) is 0 Å². The third-order valence-corrected chi connectivity index (χ3v) is 2.68. The van der Waals surface area contributed by atoms with E-state index in [9.17, 15) is 0 Å². The van der Waals surface area contributed by atoms with Crippen LogP contribution < -0.4 is 0 Å². The van der Waals surface area contributed by atoms with Crippen molar-refractivity contribution in [2.75, 3.05) is 0 Å². The van der Waals surface area contributed by atoms with Crippen molar-refractivity contribution in [3.05, 3.63) is 35.4 Å². The molecule has 2 bridgehead atoms. The Morgan fingerprint density at radius 2 is 2.09 bits per heavy atom. The second-order valence-corrected chi connectivity index (χ2v) is 3.39. The molecule has 0 radical (unpaired) electrons. The zero-order valence-electron chi connectivity index (χ0n) is 6.29. The van der Waals surface area contributed by atoms with Crippen LogP contribution in [-0.4, -0.2) is 6.10 Å². The van der Waals surface area contributed by atoms with Gasteiger partial charge in [-0.2, -0.15) is 0 Å². The molecule has 4 rings (SSSR count). The SMILES string of the molecule is c1ccc2c(c1)CC1CC2O1. The molecule has 1 saturated heterocycles. The summed E-state index contributed by atoms with van der Waals surface area (Å²) in [7, 11) is 0. The molecule has 1 nitrogen and oxygen atoms in total. The molecule has 0 spiro atoms. The van der Waals surface area contributed by atoms with Gasteiger partial charge in [0.1, 0.15) is 0 Å². The molecule has 56 valence electrons. The van der Waals surface area contributed by atoms with Gasteiger partial charge in [0.15, 0.2) is 0 Å². The van der Waals surface area contributed by atoms with Crippen LogP contribution in [0.25, 0.3) is 0 Å². The Kier molecular flexibility index (Phi) is 0.977. The first kappa shape index (κ1) is 5.78. The van der Waals surface area contributed by atoms with Crippen LogP contribution in [-0.2, 0) is 11.2 Å². The largest absolute Gasteiger partial charge is 0.370 e. The Balaban J connectivity index is 2.16. The maximum atomic E-state index is 5.60. The van der Waals surface area contributed by atoms with E-state index in [2.05, 4.69) is 24.3 Å². The average molecular weight is 146 g/mol. The lowest BCUT2D eigenvalue weighted by Gasteiger charge is -2.42. The van der Waals surface area contributed by atoms with Crippen LogP contribution in [0.4, 0.5) is 0 Å². The lowest BCUT2D eigenvalue weighted by molar-refractivity contribution is -0.137. The Bertz CT molecular complexity index is 287. The highest BCUT2D eigenvalue weighted by molar-refractivity contribution is 5.34. The molecule has 1 aliphatic carbocycles. The van der Waals surface area contributed by atoms with Crippen molar-refractivity contribution in [2.45, 2.75) is 25.0 Å². The molecule has 11 heavy (non-hydrogen) atoms. The maximum absolute atomic E-state index is 5.60. The smallest absolute Gasteiger partial charge is 0.0856 e. The fourth-order valence-corrected chi connectivity index (χ4v) is 2.07. The van der Waals surface area contributed by atoms with Gasteiger partial charge in [0, 0.05) is 6.42 Å². The summed E-state index contributed by atoms with van der Waals surface area (Å²) in [5.41, 5.74) is 2.93. The molecule has 2 aliphatic heterocycles. The Hall–Kier alpha value is -0.820. The van der Waals surface area contributed by atoms with Crippen LogP contribution in [0.1, 0.15) is 23.7 Å². The van der Waals surface area contributed by atoms with Gasteiger partial charge in [-0.15, -0.1) is 0 Å². The predicted molar refractivity (Wildman–Crippen MR) is 42.4 cm³/mol. The number of hydrogen-bond acceptors (Lipinski definition) is 1. The molecule has 2 atom stereocenters. The molecule has 1 fully saturated rings. The molecule has 2 unspecified atom stereocenters. The third-order valence-electron chi connectivity index (χ3n) is 2.68. The number of rotatable bonds is 0. The minimum Gasteiger partial charge on any atom is -0.370 e. The second kappa shape index (κ2) is 1.86. The molecule has 2 heterocycles. The van der Waals surface area contributed by atoms with Crippen LogP contribution >= 0.6 is 0 Å². The summed E-state index contributed by atoms with van der Waals surface area (Å²) >= 11 is 0. The summed E-state index contributed by atoms with van der Waals surface area (Å²) in [5.74, 6) is 0. The quantitative estimate of drug-likeness (QED) is 0.544. The molecule has 1 aromatic carbocycles. The van der Waals surface area contributed by atoms with E-state index < -0.39 is 0 Å². The fraction of sp³-hybridized carbons (Fsp3) is 0.400. The van der Waals surface area contributed by atoms with Gasteiger partial charge < -0.3 is 4.74 Å². The van der Waals surface area contributed by atoms with Gasteiger partial charge in [0.25, 0.3) is 0 Å². The molecule has 0 N–H and O–H groups in total. The normalized spacial score (nSPS) is 32.4. The van der Waals surface area contributed by atoms with Crippen molar-refractivity contribution < 1.29 is 4.74 Å². The zero-order valence-corrected chi connectivity index (χ0v) is 6.29. The molecule has 0 amide bonds. The van der Waals surface area contributed by atoms with Crippen molar-refractivity contribution in [3.8, 4) is 0 Å². The van der Waals surface area contributed by atoms with E-state index in [4.69, 9.17) is 4.74 Å². The van der Waals surface area contributed by atoms with Gasteiger partial charge in [0.05, 0.1) is 12.2 Å². The van der Waals surface area contributed by atoms with Crippen molar-refractivity contribution in [2.24, 2.45) is 0 Å². The minimum atomic E-state index is 0.435. The summed E-state index contributed by atoms with van der Waals surface area (Å²) in [5, 5.41) is 0. The van der Waals surface area contributed by atoms with E-state index in [1.165, 1.54) is 17.5 Å². The van der Waals surface area contributed by atoms with E-state index in [1.54, 1.807) is 0 Å². The van der Waals surface area contributed by atoms with Crippen LogP contribution in [0.2, 0.25) is 0 Å². The van der Waals surface area contributed by atoms with Gasteiger partial charge in [-0.3, -0.25) is 0 Å². The highest BCUT2D eigenvalue weighted by Crippen LogP contribution is 2.43. The zero-order chi connectivity index (χ0) is 7.26. The van der Waals surface area contributed by atoms with Crippen molar-refractivity contribution >= 4 is 0 Å². The lowest BCUT2D eigenvalue weighted by Crippen LogP contribution is -2.38. The number of benzene rings is 1. The highest BCUT2D eigenvalue weighted by Gasteiger charge is 2.37. The minimum absolute atomic E-state index is 0.435. The van der Waals surface area contributed by atoms with Gasteiger partial charge in [0.2, 0.25) is 0 Å². The lowest BCUT2D eigenvalue weighted by atomic mass is 9.83. The molecular formula is C10H10O. The first-order chi connectivity index (χ1) is 5.43. The van der Waals surface area contributed by atoms with Crippen molar-refractivity contribution in [3.63, 3.8) is 0 Å². The predicted octanol–water partition coefficient (Wildman–Crippen LogP) is 2.07. The topological polar surface area (TPSA) is 9.23 Å². The highest BCUT2D eigenvalue weighted by atomic mass is 16.5. The molecule has 1 aromatic rings. The summed E-state index contributed by atoms with van der Waals surface area (Å²) in [6.45, 7) is 0. The molecule has 1 heteroatoms. The van der Waals surface area contributed by atoms with E-state index in [-0.39, 0.29) is 0 Å². The second-order valence-electron chi connectivity index (χ2n) is 3.39. The Morgan fingerprint density at radius 1 is 1.27 bits per heavy atom. The fourth-order valence-electron chi connectivity index (χ4n) is 2.07. The summed E-state index contributed by atoms with van der Waals surface area (Å²) in [4.78, 5) is 0. The van der Waals surface area contributed by atoms with Gasteiger partial charge >= 0.3 is 0 Å². The molecule has 3 aliphatic rings. The Morgan fingerprint density at radius 3 is 2.91 bits per heavy atom. The third kappa shape index (κ3) is 0.690. The van der Waals surface area contributed by atoms with Crippen LogP contribution in [0, 0.1) is 0 Å².